The summed E-state index contributed by atoms with van der Waals surface area (Å²) in [5, 5.41) is 3.22. The van der Waals surface area contributed by atoms with Crippen molar-refractivity contribution >= 4 is 28.2 Å². The summed E-state index contributed by atoms with van der Waals surface area (Å²) in [5.41, 5.74) is 6.14. The van der Waals surface area contributed by atoms with Crippen molar-refractivity contribution in [3.05, 3.63) is 46.6 Å². The molecule has 0 aliphatic heterocycles. The molecule has 0 aliphatic carbocycles. The van der Waals surface area contributed by atoms with Crippen molar-refractivity contribution in [3.8, 4) is 0 Å². The van der Waals surface area contributed by atoms with Gasteiger partial charge in [0.05, 0.1) is 11.1 Å². The number of primary amides is 1. The summed E-state index contributed by atoms with van der Waals surface area (Å²) in [4.78, 5) is 28.4. The molecule has 0 unspecified atom stereocenters. The zero-order valence-corrected chi connectivity index (χ0v) is 11.9. The first-order valence-corrected chi connectivity index (χ1v) is 7.07. The maximum atomic E-state index is 12.1. The zero-order chi connectivity index (χ0) is 14.5. The minimum atomic E-state index is -0.537. The van der Waals surface area contributed by atoms with Crippen molar-refractivity contribution in [3.63, 3.8) is 0 Å². The fourth-order valence-electron chi connectivity index (χ4n) is 1.76. The molecule has 2 amide bonds. The van der Waals surface area contributed by atoms with Gasteiger partial charge in [0.25, 0.3) is 11.8 Å². The Balaban J connectivity index is 2.24. The predicted molar refractivity (Wildman–Crippen MR) is 79.0 cm³/mol. The number of carbonyl (C=O) groups excluding carboxylic acids is 2. The van der Waals surface area contributed by atoms with Crippen LogP contribution in [0.4, 0.5) is 5.00 Å². The van der Waals surface area contributed by atoms with Gasteiger partial charge in [-0.05, 0) is 24.6 Å². The van der Waals surface area contributed by atoms with E-state index in [0.29, 0.717) is 16.1 Å². The summed E-state index contributed by atoms with van der Waals surface area (Å²) >= 11 is 1.38. The van der Waals surface area contributed by atoms with E-state index in [2.05, 4.69) is 17.2 Å². The third-order valence-corrected chi connectivity index (χ3v) is 3.81. The Morgan fingerprint density at radius 2 is 2.25 bits per heavy atom. The number of amides is 2. The summed E-state index contributed by atoms with van der Waals surface area (Å²) in [6, 6.07) is 5.09. The van der Waals surface area contributed by atoms with Gasteiger partial charge in [-0.2, -0.15) is 0 Å². The Morgan fingerprint density at radius 1 is 1.45 bits per heavy atom. The topological polar surface area (TPSA) is 85.1 Å². The van der Waals surface area contributed by atoms with Gasteiger partial charge in [0, 0.05) is 17.3 Å². The van der Waals surface area contributed by atoms with Gasteiger partial charge >= 0.3 is 0 Å². The molecule has 6 heteroatoms. The molecule has 2 aromatic rings. The predicted octanol–water partition coefficient (Wildman–Crippen LogP) is 2.45. The highest BCUT2D eigenvalue weighted by Gasteiger charge is 2.16. The van der Waals surface area contributed by atoms with Crippen molar-refractivity contribution in [1.82, 2.24) is 4.98 Å². The van der Waals surface area contributed by atoms with Crippen LogP contribution in [0.1, 0.15) is 38.9 Å². The van der Waals surface area contributed by atoms with Crippen molar-refractivity contribution < 1.29 is 9.59 Å². The van der Waals surface area contributed by atoms with Gasteiger partial charge < -0.3 is 11.1 Å². The molecule has 104 valence electrons. The van der Waals surface area contributed by atoms with Crippen molar-refractivity contribution in [2.75, 3.05) is 5.32 Å². The van der Waals surface area contributed by atoms with Crippen molar-refractivity contribution in [2.45, 2.75) is 19.8 Å². The molecule has 2 heterocycles. The number of anilines is 1. The SMILES string of the molecule is CCCc1cc(C(N)=O)c(NC(=O)c2cccnc2)s1. The number of nitrogens with zero attached hydrogens (tertiary/aromatic N) is 1. The third-order valence-electron chi connectivity index (χ3n) is 2.70. The average molecular weight is 289 g/mol. The molecule has 0 aliphatic rings. The molecule has 0 saturated heterocycles. The lowest BCUT2D eigenvalue weighted by Gasteiger charge is -2.03. The highest BCUT2D eigenvalue weighted by atomic mass is 32.1. The standard InChI is InChI=1S/C14H15N3O2S/c1-2-4-10-7-11(12(15)18)14(20-10)17-13(19)9-5-3-6-16-8-9/h3,5-8H,2,4H2,1H3,(H2,15,18)(H,17,19). The van der Waals surface area contributed by atoms with Crippen LogP contribution in [0.5, 0.6) is 0 Å². The van der Waals surface area contributed by atoms with Gasteiger partial charge in [-0.1, -0.05) is 13.3 Å². The Kier molecular flexibility index (Phi) is 4.47. The van der Waals surface area contributed by atoms with Gasteiger partial charge in [-0.3, -0.25) is 14.6 Å². The largest absolute Gasteiger partial charge is 0.366 e. The molecule has 0 aromatic carbocycles. The lowest BCUT2D eigenvalue weighted by Crippen LogP contribution is -2.16. The number of thiophene rings is 1. The molecule has 20 heavy (non-hydrogen) atoms. The van der Waals surface area contributed by atoms with Gasteiger partial charge in [0.2, 0.25) is 0 Å². The molecule has 0 bridgehead atoms. The lowest BCUT2D eigenvalue weighted by molar-refractivity contribution is 0.100. The third kappa shape index (κ3) is 3.21. The first kappa shape index (κ1) is 14.2. The molecule has 2 aromatic heterocycles. The molecule has 0 radical (unpaired) electrons. The minimum absolute atomic E-state index is 0.300. The van der Waals surface area contributed by atoms with E-state index in [1.807, 2.05) is 0 Å². The number of rotatable bonds is 5. The minimum Gasteiger partial charge on any atom is -0.366 e. The highest BCUT2D eigenvalue weighted by molar-refractivity contribution is 7.16. The van der Waals surface area contributed by atoms with Crippen LogP contribution in [0.25, 0.3) is 0 Å². The maximum absolute atomic E-state index is 12.1. The van der Waals surface area contributed by atoms with E-state index < -0.39 is 5.91 Å². The van der Waals surface area contributed by atoms with E-state index in [-0.39, 0.29) is 5.91 Å². The van der Waals surface area contributed by atoms with Crippen LogP contribution in [0.15, 0.2) is 30.6 Å². The number of carbonyl (C=O) groups is 2. The second-order valence-electron chi connectivity index (χ2n) is 4.27. The molecule has 0 spiro atoms. The number of aromatic nitrogens is 1. The van der Waals surface area contributed by atoms with E-state index in [1.54, 1.807) is 24.4 Å². The summed E-state index contributed by atoms with van der Waals surface area (Å²) in [6.07, 6.45) is 4.89. The monoisotopic (exact) mass is 289 g/mol. The van der Waals surface area contributed by atoms with Gasteiger partial charge in [-0.15, -0.1) is 11.3 Å². The first-order chi connectivity index (χ1) is 9.61. The summed E-state index contributed by atoms with van der Waals surface area (Å²) in [5.74, 6) is -0.837. The maximum Gasteiger partial charge on any atom is 0.257 e. The van der Waals surface area contributed by atoms with E-state index in [4.69, 9.17) is 5.73 Å². The lowest BCUT2D eigenvalue weighted by atomic mass is 10.2. The highest BCUT2D eigenvalue weighted by Crippen LogP contribution is 2.29. The molecule has 0 saturated carbocycles. The quantitative estimate of drug-likeness (QED) is 0.886. The van der Waals surface area contributed by atoms with Crippen LogP contribution < -0.4 is 11.1 Å². The second-order valence-corrected chi connectivity index (χ2v) is 5.40. The second kappa shape index (κ2) is 6.29. The fraction of sp³-hybridized carbons (Fsp3) is 0.214. The first-order valence-electron chi connectivity index (χ1n) is 6.25. The molecule has 3 N–H and O–H groups in total. The van der Waals surface area contributed by atoms with Gasteiger partial charge in [0.1, 0.15) is 5.00 Å². The number of pyridine rings is 1. The zero-order valence-electron chi connectivity index (χ0n) is 11.1. The Labute approximate surface area is 120 Å². The van der Waals surface area contributed by atoms with Crippen LogP contribution in [-0.4, -0.2) is 16.8 Å². The van der Waals surface area contributed by atoms with Gasteiger partial charge in [0.15, 0.2) is 0 Å². The van der Waals surface area contributed by atoms with E-state index in [0.717, 1.165) is 17.7 Å². The summed E-state index contributed by atoms with van der Waals surface area (Å²) < 4.78 is 0. The van der Waals surface area contributed by atoms with Crippen LogP contribution in [0, 0.1) is 0 Å². The number of hydrogen-bond donors (Lipinski definition) is 2. The van der Waals surface area contributed by atoms with Crippen LogP contribution in [-0.2, 0) is 6.42 Å². The summed E-state index contributed by atoms with van der Waals surface area (Å²) in [6.45, 7) is 2.05. The van der Waals surface area contributed by atoms with E-state index >= 15 is 0 Å². The Bertz CT molecular complexity index is 623. The number of hydrogen-bond acceptors (Lipinski definition) is 4. The Hall–Kier alpha value is -2.21. The molecule has 2 rings (SSSR count). The van der Waals surface area contributed by atoms with Crippen molar-refractivity contribution in [2.24, 2.45) is 5.73 Å². The van der Waals surface area contributed by atoms with Crippen LogP contribution >= 0.6 is 11.3 Å². The van der Waals surface area contributed by atoms with Crippen LogP contribution in [0.3, 0.4) is 0 Å². The number of aryl methyl sites for hydroxylation is 1. The number of nitrogens with one attached hydrogen (secondary N) is 1. The van der Waals surface area contributed by atoms with Crippen LogP contribution in [0.2, 0.25) is 0 Å². The molecular weight excluding hydrogens is 274 g/mol. The molecule has 0 atom stereocenters. The fourth-order valence-corrected chi connectivity index (χ4v) is 2.92. The van der Waals surface area contributed by atoms with Crippen molar-refractivity contribution in [1.29, 1.82) is 0 Å². The smallest absolute Gasteiger partial charge is 0.257 e. The normalized spacial score (nSPS) is 10.2. The molecular formula is C14H15N3O2S. The molecule has 0 fully saturated rings. The Morgan fingerprint density at radius 3 is 2.85 bits per heavy atom. The van der Waals surface area contributed by atoms with E-state index in [1.165, 1.54) is 17.5 Å². The summed E-state index contributed by atoms with van der Waals surface area (Å²) in [7, 11) is 0. The average Bonchev–Trinajstić information content (AvgIpc) is 2.83. The number of nitrogens with two attached hydrogens (primary N) is 1. The van der Waals surface area contributed by atoms with E-state index in [9.17, 15) is 9.59 Å². The molecule has 5 nitrogen and oxygen atoms in total. The van der Waals surface area contributed by atoms with Gasteiger partial charge in [-0.25, -0.2) is 0 Å².